The summed E-state index contributed by atoms with van der Waals surface area (Å²) in [6.45, 7) is 0.470. The number of carbonyl (C=O) groups is 1. The van der Waals surface area contributed by atoms with Crippen molar-refractivity contribution < 1.29 is 9.21 Å². The van der Waals surface area contributed by atoms with E-state index in [2.05, 4.69) is 23.2 Å². The van der Waals surface area contributed by atoms with Crippen LogP contribution in [0.2, 0.25) is 0 Å². The molecule has 0 saturated heterocycles. The summed E-state index contributed by atoms with van der Waals surface area (Å²) in [6, 6.07) is 23.8. The van der Waals surface area contributed by atoms with Crippen LogP contribution < -0.4 is 5.76 Å². The average Bonchev–Trinajstić information content (AvgIpc) is 3.24. The van der Waals surface area contributed by atoms with Crippen molar-refractivity contribution in [3.8, 4) is 0 Å². The molecule has 1 amide bonds. The lowest BCUT2D eigenvalue weighted by Crippen LogP contribution is -2.28. The van der Waals surface area contributed by atoms with Gasteiger partial charge < -0.3 is 9.32 Å². The Bertz CT molecular complexity index is 1240. The summed E-state index contributed by atoms with van der Waals surface area (Å²) < 4.78 is 5.18. The number of amides is 1. The van der Waals surface area contributed by atoms with Crippen molar-refractivity contribution in [1.82, 2.24) is 9.88 Å². The zero-order valence-corrected chi connectivity index (χ0v) is 15.8. The number of carbonyl (C=O) groups excluding carboxylic acids is 1. The van der Waals surface area contributed by atoms with Crippen LogP contribution in [0.4, 0.5) is 0 Å². The molecule has 0 radical (unpaired) electrons. The largest absolute Gasteiger partial charge is 0.417 e. The van der Waals surface area contributed by atoms with E-state index in [1.165, 1.54) is 5.56 Å². The van der Waals surface area contributed by atoms with Crippen molar-refractivity contribution in [2.75, 3.05) is 0 Å². The zero-order chi connectivity index (χ0) is 19.8. The van der Waals surface area contributed by atoms with Crippen LogP contribution in [0, 0.1) is 0 Å². The molecular weight excluding hydrogens is 364 g/mol. The van der Waals surface area contributed by atoms with E-state index in [1.54, 1.807) is 0 Å². The fraction of sp³-hybridized carbons (Fsp3) is 0.167. The molecule has 0 fully saturated rings. The number of nitrogens with zero attached hydrogens (tertiary/aromatic N) is 1. The molecular formula is C24H20N2O3. The Morgan fingerprint density at radius 3 is 2.55 bits per heavy atom. The Kier molecular flexibility index (Phi) is 4.28. The van der Waals surface area contributed by atoms with Crippen LogP contribution in [-0.4, -0.2) is 15.8 Å². The number of hydrogen-bond donors (Lipinski definition) is 1. The van der Waals surface area contributed by atoms with E-state index in [1.807, 2.05) is 59.5 Å². The minimum atomic E-state index is -0.470. The van der Waals surface area contributed by atoms with Gasteiger partial charge in [0.15, 0.2) is 5.58 Å². The Balaban J connectivity index is 1.45. The van der Waals surface area contributed by atoms with Gasteiger partial charge in [-0.05, 0) is 47.7 Å². The van der Waals surface area contributed by atoms with Crippen LogP contribution in [0.1, 0.15) is 39.5 Å². The van der Waals surface area contributed by atoms with Crippen LogP contribution >= 0.6 is 0 Å². The molecule has 5 nitrogen and oxygen atoms in total. The van der Waals surface area contributed by atoms with E-state index < -0.39 is 5.76 Å². The lowest BCUT2D eigenvalue weighted by atomic mass is 9.98. The summed E-state index contributed by atoms with van der Waals surface area (Å²) in [7, 11) is 0. The third-order valence-electron chi connectivity index (χ3n) is 5.57. The molecule has 0 spiro atoms. The highest BCUT2D eigenvalue weighted by molar-refractivity contribution is 5.99. The van der Waals surface area contributed by atoms with Crippen molar-refractivity contribution in [2.24, 2.45) is 0 Å². The molecule has 5 heteroatoms. The number of aryl methyl sites for hydroxylation is 1. The summed E-state index contributed by atoms with van der Waals surface area (Å²) in [5, 5.41) is 0. The van der Waals surface area contributed by atoms with E-state index in [0.717, 1.165) is 29.5 Å². The number of benzene rings is 3. The van der Waals surface area contributed by atoms with Gasteiger partial charge in [-0.1, -0.05) is 54.6 Å². The first-order chi connectivity index (χ1) is 14.2. The molecule has 1 unspecified atom stereocenters. The standard InChI is InChI=1S/C24H20N2O3/c27-23-19-9-5-4-8-18(19)21(13-11-16-6-2-1-3-7-16)26(23)15-17-10-12-20-22(14-17)29-24(28)25-20/h1-10,12,14,21H,11,13,15H2,(H,25,28). The summed E-state index contributed by atoms with van der Waals surface area (Å²) in [4.78, 5) is 29.1. The van der Waals surface area contributed by atoms with Gasteiger partial charge in [-0.15, -0.1) is 0 Å². The SMILES string of the molecule is O=C1c2ccccc2C(CCc2ccccc2)N1Cc1ccc2[nH]c(=O)oc2c1. The van der Waals surface area contributed by atoms with Gasteiger partial charge in [0.1, 0.15) is 0 Å². The predicted molar refractivity (Wildman–Crippen MR) is 111 cm³/mol. The summed E-state index contributed by atoms with van der Waals surface area (Å²) in [5.41, 5.74) is 5.24. The van der Waals surface area contributed by atoms with Crippen LogP contribution in [0.15, 0.2) is 82.0 Å². The third-order valence-corrected chi connectivity index (χ3v) is 5.57. The van der Waals surface area contributed by atoms with Crippen LogP contribution in [-0.2, 0) is 13.0 Å². The molecule has 1 N–H and O–H groups in total. The average molecular weight is 384 g/mol. The van der Waals surface area contributed by atoms with Crippen LogP contribution in [0.3, 0.4) is 0 Å². The van der Waals surface area contributed by atoms with Gasteiger partial charge in [0.05, 0.1) is 11.6 Å². The maximum absolute atomic E-state index is 13.1. The molecule has 1 aliphatic heterocycles. The second-order valence-electron chi connectivity index (χ2n) is 7.41. The first kappa shape index (κ1) is 17.5. The maximum atomic E-state index is 13.1. The van der Waals surface area contributed by atoms with E-state index in [0.29, 0.717) is 17.6 Å². The number of nitrogens with one attached hydrogen (secondary N) is 1. The van der Waals surface area contributed by atoms with Gasteiger partial charge in [0, 0.05) is 12.1 Å². The van der Waals surface area contributed by atoms with Crippen molar-refractivity contribution in [2.45, 2.75) is 25.4 Å². The molecule has 5 rings (SSSR count). The molecule has 3 aromatic carbocycles. The zero-order valence-electron chi connectivity index (χ0n) is 15.8. The Morgan fingerprint density at radius 1 is 0.897 bits per heavy atom. The van der Waals surface area contributed by atoms with Gasteiger partial charge >= 0.3 is 5.76 Å². The highest BCUT2D eigenvalue weighted by atomic mass is 16.4. The first-order valence-corrected chi connectivity index (χ1v) is 9.74. The summed E-state index contributed by atoms with van der Waals surface area (Å²) in [5.74, 6) is -0.420. The molecule has 4 aromatic rings. The minimum absolute atomic E-state index is 0.0211. The molecule has 144 valence electrons. The third kappa shape index (κ3) is 3.25. The Hall–Kier alpha value is -3.60. The lowest BCUT2D eigenvalue weighted by molar-refractivity contribution is 0.0702. The van der Waals surface area contributed by atoms with Gasteiger partial charge in [-0.3, -0.25) is 9.78 Å². The minimum Gasteiger partial charge on any atom is -0.408 e. The second kappa shape index (κ2) is 7.09. The molecule has 2 heterocycles. The number of oxazole rings is 1. The summed E-state index contributed by atoms with van der Waals surface area (Å²) >= 11 is 0. The Labute approximate surface area is 167 Å². The smallest absolute Gasteiger partial charge is 0.408 e. The second-order valence-corrected chi connectivity index (χ2v) is 7.41. The van der Waals surface area contributed by atoms with E-state index >= 15 is 0 Å². The maximum Gasteiger partial charge on any atom is 0.417 e. The van der Waals surface area contributed by atoms with Crippen molar-refractivity contribution in [3.63, 3.8) is 0 Å². The molecule has 0 saturated carbocycles. The van der Waals surface area contributed by atoms with Crippen molar-refractivity contribution in [1.29, 1.82) is 0 Å². The van der Waals surface area contributed by atoms with E-state index in [4.69, 9.17) is 4.42 Å². The number of hydrogen-bond acceptors (Lipinski definition) is 3. The Morgan fingerprint density at radius 2 is 1.69 bits per heavy atom. The molecule has 29 heavy (non-hydrogen) atoms. The topological polar surface area (TPSA) is 66.3 Å². The monoisotopic (exact) mass is 384 g/mol. The van der Waals surface area contributed by atoms with Crippen molar-refractivity contribution in [3.05, 3.63) is 106 Å². The van der Waals surface area contributed by atoms with Gasteiger partial charge in [0.25, 0.3) is 5.91 Å². The number of H-pyrrole nitrogens is 1. The number of rotatable bonds is 5. The van der Waals surface area contributed by atoms with Crippen LogP contribution in [0.5, 0.6) is 0 Å². The normalized spacial score (nSPS) is 15.8. The number of aromatic nitrogens is 1. The fourth-order valence-corrected chi connectivity index (χ4v) is 4.17. The highest BCUT2D eigenvalue weighted by Gasteiger charge is 2.35. The van der Waals surface area contributed by atoms with E-state index in [-0.39, 0.29) is 11.9 Å². The molecule has 1 aliphatic rings. The molecule has 0 bridgehead atoms. The quantitative estimate of drug-likeness (QED) is 0.553. The fourth-order valence-electron chi connectivity index (χ4n) is 4.17. The molecule has 0 aliphatic carbocycles. The predicted octanol–water partition coefficient (Wildman–Crippen LogP) is 4.45. The lowest BCUT2D eigenvalue weighted by Gasteiger charge is -2.25. The number of fused-ring (bicyclic) bond motifs is 2. The van der Waals surface area contributed by atoms with Gasteiger partial charge in [-0.25, -0.2) is 4.79 Å². The van der Waals surface area contributed by atoms with Gasteiger partial charge in [-0.2, -0.15) is 0 Å². The van der Waals surface area contributed by atoms with Crippen LogP contribution in [0.25, 0.3) is 11.1 Å². The van der Waals surface area contributed by atoms with Gasteiger partial charge in [0.2, 0.25) is 0 Å². The van der Waals surface area contributed by atoms with E-state index in [9.17, 15) is 9.59 Å². The highest BCUT2D eigenvalue weighted by Crippen LogP contribution is 2.37. The molecule has 1 atom stereocenters. The summed E-state index contributed by atoms with van der Waals surface area (Å²) in [6.07, 6.45) is 1.75. The van der Waals surface area contributed by atoms with Crippen molar-refractivity contribution >= 4 is 17.0 Å². The molecule has 1 aromatic heterocycles. The number of aromatic amines is 1. The first-order valence-electron chi connectivity index (χ1n) is 9.74.